The number of hydrazine groups is 1. The molecule has 2 N–H and O–H groups in total. The largest absolute Gasteiger partial charge is 0.465 e. The number of amides is 2. The zero-order chi connectivity index (χ0) is 38.2. The number of hydrogen-bond donors (Lipinski definition) is 2. The van der Waals surface area contributed by atoms with Gasteiger partial charge in [-0.25, -0.2) is 27.7 Å². The number of imidazole rings is 2. The molecule has 2 heterocycles. The van der Waals surface area contributed by atoms with E-state index in [9.17, 15) is 31.5 Å². The quantitative estimate of drug-likeness (QED) is 0.182. The van der Waals surface area contributed by atoms with Crippen molar-refractivity contribution in [3.8, 4) is 0 Å². The number of aromatic nitrogens is 4. The van der Waals surface area contributed by atoms with Crippen LogP contribution in [0.2, 0.25) is 0 Å². The third-order valence-corrected chi connectivity index (χ3v) is 12.5. The van der Waals surface area contributed by atoms with Crippen molar-refractivity contribution in [2.45, 2.75) is 84.1 Å². The van der Waals surface area contributed by atoms with Gasteiger partial charge in [0.2, 0.25) is 0 Å². The number of rotatable bonds is 18. The van der Waals surface area contributed by atoms with Gasteiger partial charge in [-0.15, -0.1) is 0 Å². The summed E-state index contributed by atoms with van der Waals surface area (Å²) in [4.78, 5) is 37.6. The molecule has 1 fully saturated rings. The molecule has 17 nitrogen and oxygen atoms in total. The standard InChI is InChI=1S/C33H52N10O7S2/c1-7-19-40(20-8-2)36-28-13-15-29(16-14-28)41(33(45)46)23-26-9-11-27(12-10-26)32(44)39(24-30-34-17-21-42(30)51(47,48)37(3)4)25-31-35-18-22-43(31)52(49,50)38(5)6/h9-12,17-18,21-22,28-29,36H,7-8,13-16,19-20,23-25H2,1-6H3,(H,45,46)/t28-,29-. The molecule has 19 heteroatoms. The Morgan fingerprint density at radius 3 is 1.69 bits per heavy atom. The molecule has 2 amide bonds. The van der Waals surface area contributed by atoms with Crippen molar-refractivity contribution in [3.63, 3.8) is 0 Å². The predicted octanol–water partition coefficient (Wildman–Crippen LogP) is 2.65. The molecule has 0 radical (unpaired) electrons. The van der Waals surface area contributed by atoms with Gasteiger partial charge in [0.25, 0.3) is 5.91 Å². The fourth-order valence-electron chi connectivity index (χ4n) is 6.22. The Bertz CT molecular complexity index is 1770. The maximum absolute atomic E-state index is 14.1. The van der Waals surface area contributed by atoms with E-state index < -0.39 is 32.4 Å². The molecule has 288 valence electrons. The van der Waals surface area contributed by atoms with E-state index in [0.717, 1.165) is 68.2 Å². The Hall–Kier alpha value is -3.88. The van der Waals surface area contributed by atoms with Crippen LogP contribution in [0.25, 0.3) is 0 Å². The second-order valence-electron chi connectivity index (χ2n) is 13.2. The van der Waals surface area contributed by atoms with Gasteiger partial charge in [-0.3, -0.25) is 10.2 Å². The summed E-state index contributed by atoms with van der Waals surface area (Å²) in [6.07, 6.45) is 9.44. The van der Waals surface area contributed by atoms with Crippen LogP contribution in [0.4, 0.5) is 4.79 Å². The first-order valence-corrected chi connectivity index (χ1v) is 20.2. The number of hydrogen-bond acceptors (Lipinski definition) is 10. The molecule has 3 aromatic rings. The number of nitrogens with zero attached hydrogens (tertiary/aromatic N) is 9. The van der Waals surface area contributed by atoms with Crippen molar-refractivity contribution >= 4 is 32.4 Å². The van der Waals surface area contributed by atoms with Crippen LogP contribution in [-0.4, -0.2) is 129 Å². The van der Waals surface area contributed by atoms with E-state index in [2.05, 4.69) is 34.3 Å². The Kier molecular flexibility index (Phi) is 14.0. The summed E-state index contributed by atoms with van der Waals surface area (Å²) in [5.41, 5.74) is 4.56. The monoisotopic (exact) mass is 764 g/mol. The average Bonchev–Trinajstić information content (AvgIpc) is 3.78. The molecule has 0 aliphatic heterocycles. The molecule has 0 atom stereocenters. The van der Waals surface area contributed by atoms with Crippen molar-refractivity contribution in [3.05, 3.63) is 71.8 Å². The molecule has 2 aromatic heterocycles. The highest BCUT2D eigenvalue weighted by atomic mass is 32.2. The maximum Gasteiger partial charge on any atom is 0.407 e. The summed E-state index contributed by atoms with van der Waals surface area (Å²) in [6, 6.07) is 6.71. The highest BCUT2D eigenvalue weighted by Gasteiger charge is 2.31. The number of carbonyl (C=O) groups is 2. The summed E-state index contributed by atoms with van der Waals surface area (Å²) >= 11 is 0. The second-order valence-corrected chi connectivity index (χ2v) is 17.3. The van der Waals surface area contributed by atoms with Crippen molar-refractivity contribution in [2.24, 2.45) is 0 Å². The summed E-state index contributed by atoms with van der Waals surface area (Å²) in [5, 5.41) is 12.4. The van der Waals surface area contributed by atoms with E-state index in [-0.39, 0.29) is 42.9 Å². The van der Waals surface area contributed by atoms with Crippen LogP contribution < -0.4 is 5.43 Å². The van der Waals surface area contributed by atoms with Crippen LogP contribution in [0.1, 0.15) is 79.9 Å². The molecule has 0 saturated heterocycles. The average molecular weight is 765 g/mol. The Labute approximate surface area is 307 Å². The normalized spacial score (nSPS) is 16.9. The van der Waals surface area contributed by atoms with Crippen molar-refractivity contribution in [2.75, 3.05) is 41.3 Å². The van der Waals surface area contributed by atoms with E-state index >= 15 is 0 Å². The number of carboxylic acid groups (broad SMARTS) is 1. The van der Waals surface area contributed by atoms with Crippen LogP contribution in [0.15, 0.2) is 49.1 Å². The first-order valence-electron chi connectivity index (χ1n) is 17.4. The highest BCUT2D eigenvalue weighted by molar-refractivity contribution is 7.87. The maximum atomic E-state index is 14.1. The van der Waals surface area contributed by atoms with E-state index in [4.69, 9.17) is 0 Å². The smallest absolute Gasteiger partial charge is 0.407 e. The lowest BCUT2D eigenvalue weighted by Crippen LogP contribution is -2.49. The van der Waals surface area contributed by atoms with Crippen LogP contribution in [0.5, 0.6) is 0 Å². The number of benzene rings is 1. The SMILES string of the molecule is CCCN(CCC)N[C@H]1CC[C@H](N(Cc2ccc(C(=O)N(Cc3nccn3S(=O)(=O)N(C)C)Cc3nccn3S(=O)(=O)N(C)C)cc2)C(=O)O)CC1. The van der Waals surface area contributed by atoms with Gasteiger partial charge in [0.05, 0.1) is 13.1 Å². The van der Waals surface area contributed by atoms with Gasteiger partial charge in [0, 0.05) is 90.3 Å². The minimum atomic E-state index is -3.98. The lowest BCUT2D eigenvalue weighted by Gasteiger charge is -2.37. The van der Waals surface area contributed by atoms with E-state index in [0.29, 0.717) is 11.6 Å². The topological polar surface area (TPSA) is 187 Å². The summed E-state index contributed by atoms with van der Waals surface area (Å²) in [6.45, 7) is 5.80. The van der Waals surface area contributed by atoms with Crippen LogP contribution in [0.3, 0.4) is 0 Å². The van der Waals surface area contributed by atoms with Gasteiger partial charge in [0.1, 0.15) is 11.6 Å². The zero-order valence-corrected chi connectivity index (χ0v) is 32.4. The lowest BCUT2D eigenvalue weighted by atomic mass is 9.90. The molecule has 1 aromatic carbocycles. The molecule has 1 saturated carbocycles. The summed E-state index contributed by atoms with van der Waals surface area (Å²) in [5.74, 6) is -0.489. The van der Waals surface area contributed by atoms with Crippen LogP contribution in [0, 0.1) is 0 Å². The van der Waals surface area contributed by atoms with Gasteiger partial charge in [-0.2, -0.15) is 25.4 Å². The van der Waals surface area contributed by atoms with Crippen LogP contribution >= 0.6 is 0 Å². The van der Waals surface area contributed by atoms with Gasteiger partial charge < -0.3 is 14.9 Å². The third-order valence-electron chi connectivity index (χ3n) is 9.02. The van der Waals surface area contributed by atoms with Gasteiger partial charge in [0.15, 0.2) is 0 Å². The fourth-order valence-corrected chi connectivity index (χ4v) is 8.08. The minimum absolute atomic E-state index is 0.0256. The Balaban J connectivity index is 1.54. The third kappa shape index (κ3) is 9.75. The molecule has 0 spiro atoms. The number of nitrogens with one attached hydrogen (secondary N) is 1. The zero-order valence-electron chi connectivity index (χ0n) is 30.8. The minimum Gasteiger partial charge on any atom is -0.465 e. The molecular formula is C33H52N10O7S2. The van der Waals surface area contributed by atoms with Gasteiger partial charge in [-0.05, 0) is 56.2 Å². The first kappa shape index (κ1) is 40.9. The molecule has 4 rings (SSSR count). The summed E-state index contributed by atoms with van der Waals surface area (Å²) < 4.78 is 55.9. The van der Waals surface area contributed by atoms with Gasteiger partial charge >= 0.3 is 26.5 Å². The Morgan fingerprint density at radius 1 is 0.788 bits per heavy atom. The molecule has 0 bridgehead atoms. The molecular weight excluding hydrogens is 713 g/mol. The highest BCUT2D eigenvalue weighted by Crippen LogP contribution is 2.26. The molecule has 52 heavy (non-hydrogen) atoms. The predicted molar refractivity (Wildman–Crippen MR) is 195 cm³/mol. The molecule has 1 aliphatic carbocycles. The summed E-state index contributed by atoms with van der Waals surface area (Å²) in [7, 11) is -2.49. The Morgan fingerprint density at radius 2 is 1.27 bits per heavy atom. The van der Waals surface area contributed by atoms with Crippen molar-refractivity contribution in [1.82, 2.24) is 46.8 Å². The van der Waals surface area contributed by atoms with Crippen molar-refractivity contribution < 1.29 is 31.5 Å². The van der Waals surface area contributed by atoms with E-state index in [1.54, 1.807) is 24.3 Å². The molecule has 0 unspecified atom stereocenters. The first-order chi connectivity index (χ1) is 24.6. The second kappa shape index (κ2) is 17.8. The van der Waals surface area contributed by atoms with E-state index in [1.165, 1.54) is 62.8 Å². The van der Waals surface area contributed by atoms with Gasteiger partial charge in [-0.1, -0.05) is 26.0 Å². The van der Waals surface area contributed by atoms with Crippen molar-refractivity contribution in [1.29, 1.82) is 0 Å². The van der Waals surface area contributed by atoms with Crippen LogP contribution in [-0.2, 0) is 40.1 Å². The number of carbonyl (C=O) groups excluding carboxylic acids is 1. The van der Waals surface area contributed by atoms with E-state index in [1.807, 2.05) is 0 Å². The lowest BCUT2D eigenvalue weighted by molar-refractivity contribution is 0.0719. The fraction of sp³-hybridized carbons (Fsp3) is 0.576. The molecule has 1 aliphatic rings.